The lowest BCUT2D eigenvalue weighted by Crippen LogP contribution is -2.13. The first kappa shape index (κ1) is 13.7. The van der Waals surface area contributed by atoms with E-state index in [4.69, 9.17) is 5.11 Å². The second-order valence-corrected chi connectivity index (χ2v) is 3.62. The number of rotatable bonds is 4. The number of amides is 1. The third-order valence-electron chi connectivity index (χ3n) is 2.16. The fourth-order valence-corrected chi connectivity index (χ4v) is 1.45. The molecule has 0 aliphatic carbocycles. The number of carboxylic acid groups (broad SMARTS) is 1. The quantitative estimate of drug-likeness (QED) is 0.780. The van der Waals surface area contributed by atoms with E-state index >= 15 is 0 Å². The molecule has 0 fully saturated rings. The summed E-state index contributed by atoms with van der Waals surface area (Å²) in [6.07, 6.45) is -0.204. The highest BCUT2D eigenvalue weighted by atomic mass is 16.5. The van der Waals surface area contributed by atoms with Crippen LogP contribution in [-0.2, 0) is 20.7 Å². The zero-order valence-electron chi connectivity index (χ0n) is 10.0. The minimum absolute atomic E-state index is 0.131. The van der Waals surface area contributed by atoms with Crippen LogP contribution in [0.5, 0.6) is 0 Å². The van der Waals surface area contributed by atoms with Gasteiger partial charge >= 0.3 is 11.9 Å². The Morgan fingerprint density at radius 2 is 2.00 bits per heavy atom. The Kier molecular flexibility index (Phi) is 4.42. The lowest BCUT2D eigenvalue weighted by atomic mass is 10.1. The summed E-state index contributed by atoms with van der Waals surface area (Å²) in [7, 11) is 1.21. The first-order chi connectivity index (χ1) is 8.43. The maximum atomic E-state index is 11.5. The lowest BCUT2D eigenvalue weighted by molar-refractivity contribution is -0.136. The number of nitrogens with one attached hydrogen (secondary N) is 1. The molecule has 0 saturated heterocycles. The molecule has 2 N–H and O–H groups in total. The first-order valence-corrected chi connectivity index (χ1v) is 5.14. The van der Waals surface area contributed by atoms with E-state index in [1.807, 2.05) is 0 Å². The van der Waals surface area contributed by atoms with E-state index in [1.165, 1.54) is 32.2 Å². The third-order valence-corrected chi connectivity index (χ3v) is 2.16. The molecule has 0 aliphatic rings. The molecule has 0 bridgehead atoms. The average molecular weight is 251 g/mol. The number of ether oxygens (including phenoxy) is 1. The smallest absolute Gasteiger partial charge is 0.339 e. The zero-order valence-corrected chi connectivity index (χ0v) is 10.0. The Balaban J connectivity index is 3.15. The van der Waals surface area contributed by atoms with Crippen LogP contribution in [0, 0.1) is 0 Å². The third kappa shape index (κ3) is 3.58. The number of benzene rings is 1. The molecular weight excluding hydrogens is 238 g/mol. The number of carbonyl (C=O) groups excluding carboxylic acids is 2. The number of aliphatic carboxylic acids is 1. The topological polar surface area (TPSA) is 92.7 Å². The van der Waals surface area contributed by atoms with Crippen molar-refractivity contribution in [2.45, 2.75) is 13.3 Å². The largest absolute Gasteiger partial charge is 0.481 e. The van der Waals surface area contributed by atoms with Crippen molar-refractivity contribution in [1.82, 2.24) is 0 Å². The van der Waals surface area contributed by atoms with Gasteiger partial charge in [-0.25, -0.2) is 4.79 Å². The number of hydrogen-bond donors (Lipinski definition) is 2. The summed E-state index contributed by atoms with van der Waals surface area (Å²) >= 11 is 0. The summed E-state index contributed by atoms with van der Waals surface area (Å²) in [5.74, 6) is -1.96. The van der Waals surface area contributed by atoms with Gasteiger partial charge in [-0.15, -0.1) is 0 Å². The number of hydrogen-bond acceptors (Lipinski definition) is 4. The Morgan fingerprint density at radius 3 is 2.50 bits per heavy atom. The predicted octanol–water partition coefficient (Wildman–Crippen LogP) is 1.06. The van der Waals surface area contributed by atoms with E-state index in [-0.39, 0.29) is 17.9 Å². The van der Waals surface area contributed by atoms with E-state index in [0.717, 1.165) is 0 Å². The van der Waals surface area contributed by atoms with Gasteiger partial charge in [-0.3, -0.25) is 9.59 Å². The van der Waals surface area contributed by atoms with Crippen molar-refractivity contribution in [1.29, 1.82) is 0 Å². The molecule has 1 amide bonds. The second-order valence-electron chi connectivity index (χ2n) is 3.62. The zero-order chi connectivity index (χ0) is 13.7. The van der Waals surface area contributed by atoms with Crippen molar-refractivity contribution in [3.05, 3.63) is 29.3 Å². The number of methoxy groups -OCH3 is 1. The highest BCUT2D eigenvalue weighted by Crippen LogP contribution is 2.19. The first-order valence-electron chi connectivity index (χ1n) is 5.14. The predicted molar refractivity (Wildman–Crippen MR) is 63.4 cm³/mol. The summed E-state index contributed by atoms with van der Waals surface area (Å²) in [4.78, 5) is 33.1. The van der Waals surface area contributed by atoms with E-state index in [9.17, 15) is 14.4 Å². The molecule has 0 aromatic heterocycles. The van der Waals surface area contributed by atoms with Crippen LogP contribution < -0.4 is 5.32 Å². The summed E-state index contributed by atoms with van der Waals surface area (Å²) in [5, 5.41) is 11.2. The molecule has 0 aliphatic heterocycles. The molecule has 1 rings (SSSR count). The number of carbonyl (C=O) groups is 3. The van der Waals surface area contributed by atoms with Crippen LogP contribution in [0.4, 0.5) is 5.69 Å². The van der Waals surface area contributed by atoms with E-state index < -0.39 is 11.9 Å². The van der Waals surface area contributed by atoms with Gasteiger partial charge in [0.25, 0.3) is 0 Å². The van der Waals surface area contributed by atoms with E-state index in [2.05, 4.69) is 10.1 Å². The van der Waals surface area contributed by atoms with Crippen LogP contribution in [0.3, 0.4) is 0 Å². The van der Waals surface area contributed by atoms with Crippen molar-refractivity contribution >= 4 is 23.5 Å². The van der Waals surface area contributed by atoms with Crippen molar-refractivity contribution in [2.75, 3.05) is 12.4 Å². The van der Waals surface area contributed by atoms with E-state index in [1.54, 1.807) is 0 Å². The maximum Gasteiger partial charge on any atom is 0.339 e. The highest BCUT2D eigenvalue weighted by Gasteiger charge is 2.14. The van der Waals surface area contributed by atoms with Crippen molar-refractivity contribution in [2.24, 2.45) is 0 Å². The molecule has 1 aromatic rings. The Bertz CT molecular complexity index is 495. The molecule has 18 heavy (non-hydrogen) atoms. The second kappa shape index (κ2) is 5.81. The van der Waals surface area contributed by atoms with Crippen molar-refractivity contribution < 1.29 is 24.2 Å². The van der Waals surface area contributed by atoms with Gasteiger partial charge in [0.1, 0.15) is 0 Å². The van der Waals surface area contributed by atoms with Crippen LogP contribution in [0.1, 0.15) is 22.8 Å². The monoisotopic (exact) mass is 251 g/mol. The fraction of sp³-hybridized carbons (Fsp3) is 0.250. The van der Waals surface area contributed by atoms with Crippen LogP contribution in [0.25, 0.3) is 0 Å². The van der Waals surface area contributed by atoms with Crippen LogP contribution in [0.2, 0.25) is 0 Å². The summed E-state index contributed by atoms with van der Waals surface area (Å²) in [5.41, 5.74) is 0.881. The highest BCUT2D eigenvalue weighted by molar-refractivity contribution is 6.01. The molecule has 0 spiro atoms. The lowest BCUT2D eigenvalue weighted by Gasteiger charge is -2.09. The summed E-state index contributed by atoms with van der Waals surface area (Å²) < 4.78 is 4.58. The summed E-state index contributed by atoms with van der Waals surface area (Å²) in [6.45, 7) is 1.31. The molecule has 6 nitrogen and oxygen atoms in total. The van der Waals surface area contributed by atoms with Crippen LogP contribution in [0.15, 0.2) is 18.2 Å². The molecule has 96 valence electrons. The van der Waals surface area contributed by atoms with Gasteiger partial charge in [0, 0.05) is 6.92 Å². The van der Waals surface area contributed by atoms with Gasteiger partial charge in [0.15, 0.2) is 0 Å². The SMILES string of the molecule is COC(=O)c1cc(CC(=O)O)ccc1NC(C)=O. The van der Waals surface area contributed by atoms with Gasteiger partial charge in [-0.05, 0) is 17.7 Å². The molecular formula is C12H13NO5. The Morgan fingerprint density at radius 1 is 1.33 bits per heavy atom. The number of carboxylic acids is 1. The summed E-state index contributed by atoms with van der Waals surface area (Å²) in [6, 6.07) is 4.41. The molecule has 0 heterocycles. The van der Waals surface area contributed by atoms with Crippen LogP contribution in [-0.4, -0.2) is 30.1 Å². The van der Waals surface area contributed by atoms with Gasteiger partial charge in [0.2, 0.25) is 5.91 Å². The van der Waals surface area contributed by atoms with Gasteiger partial charge in [0.05, 0.1) is 24.8 Å². The number of anilines is 1. The van der Waals surface area contributed by atoms with E-state index in [0.29, 0.717) is 11.3 Å². The molecule has 6 heteroatoms. The normalized spacial score (nSPS) is 9.67. The maximum absolute atomic E-state index is 11.5. The van der Waals surface area contributed by atoms with Gasteiger partial charge < -0.3 is 15.2 Å². The molecule has 0 atom stereocenters. The van der Waals surface area contributed by atoms with Crippen LogP contribution >= 0.6 is 0 Å². The standard InChI is InChI=1S/C12H13NO5/c1-7(14)13-10-4-3-8(6-11(15)16)5-9(10)12(17)18-2/h3-5H,6H2,1-2H3,(H,13,14)(H,15,16). The molecule has 0 unspecified atom stereocenters. The molecule has 0 radical (unpaired) electrons. The van der Waals surface area contributed by atoms with Gasteiger partial charge in [-0.1, -0.05) is 6.07 Å². The average Bonchev–Trinajstić information content (AvgIpc) is 2.28. The number of esters is 1. The molecule has 0 saturated carbocycles. The fourth-order valence-electron chi connectivity index (χ4n) is 1.45. The Hall–Kier alpha value is -2.37. The van der Waals surface area contributed by atoms with Gasteiger partial charge in [-0.2, -0.15) is 0 Å². The minimum Gasteiger partial charge on any atom is -0.481 e. The molecule has 1 aromatic carbocycles. The Labute approximate surface area is 104 Å². The van der Waals surface area contributed by atoms with Crippen molar-refractivity contribution in [3.8, 4) is 0 Å². The van der Waals surface area contributed by atoms with Crippen molar-refractivity contribution in [3.63, 3.8) is 0 Å². The minimum atomic E-state index is -1.00.